The van der Waals surface area contributed by atoms with E-state index >= 15 is 0 Å². The third-order valence-corrected chi connectivity index (χ3v) is 2.70. The van der Waals surface area contributed by atoms with Crippen LogP contribution in [0.2, 0.25) is 13.1 Å². The van der Waals surface area contributed by atoms with Crippen LogP contribution < -0.4 is 0 Å². The zero-order chi connectivity index (χ0) is 9.83. The van der Waals surface area contributed by atoms with E-state index in [1.165, 1.54) is 0 Å². The average molecular weight is 211 g/mol. The van der Waals surface area contributed by atoms with Crippen LogP contribution in [0.1, 0.15) is 20.3 Å². The molecule has 0 aromatic carbocycles. The highest BCUT2D eigenvalue weighted by molar-refractivity contribution is 7.15. The van der Waals surface area contributed by atoms with Gasteiger partial charge in [0.15, 0.2) is 0 Å². The number of ether oxygens (including phenoxy) is 1. The number of halogens is 1. The van der Waals surface area contributed by atoms with Crippen LogP contribution in [0, 0.1) is 0 Å². The van der Waals surface area contributed by atoms with E-state index in [9.17, 15) is 0 Å². The Kier molecular flexibility index (Phi) is 4.77. The molecular formula is C8H19ClO2Si. The predicted molar refractivity (Wildman–Crippen MR) is 55.0 cm³/mol. The van der Waals surface area contributed by atoms with Crippen molar-refractivity contribution in [2.24, 2.45) is 0 Å². The highest BCUT2D eigenvalue weighted by Gasteiger charge is 2.29. The van der Waals surface area contributed by atoms with Gasteiger partial charge in [0.05, 0.1) is 5.60 Å². The van der Waals surface area contributed by atoms with E-state index in [1.54, 1.807) is 7.11 Å². The quantitative estimate of drug-likeness (QED) is 0.513. The minimum absolute atomic E-state index is 0.159. The predicted octanol–water partition coefficient (Wildman–Crippen LogP) is 2.76. The van der Waals surface area contributed by atoms with E-state index in [0.29, 0.717) is 6.61 Å². The van der Waals surface area contributed by atoms with Crippen LogP contribution in [-0.2, 0) is 9.16 Å². The molecule has 4 heteroatoms. The molecule has 0 saturated carbocycles. The van der Waals surface area contributed by atoms with E-state index in [2.05, 4.69) is 0 Å². The molecule has 0 spiro atoms. The van der Waals surface area contributed by atoms with Crippen molar-refractivity contribution in [3.8, 4) is 0 Å². The second-order valence-electron chi connectivity index (χ2n) is 3.97. The molecule has 2 nitrogen and oxygen atoms in total. The van der Waals surface area contributed by atoms with Gasteiger partial charge < -0.3 is 9.16 Å². The summed E-state index contributed by atoms with van der Waals surface area (Å²) in [4.78, 5) is 0. The molecule has 0 atom stereocenters. The Morgan fingerprint density at radius 1 is 1.33 bits per heavy atom. The fourth-order valence-corrected chi connectivity index (χ4v) is 3.10. The Morgan fingerprint density at radius 2 is 1.83 bits per heavy atom. The molecule has 0 amide bonds. The Bertz CT molecular complexity index is 132. The Labute approximate surface area is 81.0 Å². The van der Waals surface area contributed by atoms with Crippen LogP contribution in [-0.4, -0.2) is 26.9 Å². The monoisotopic (exact) mass is 210 g/mol. The van der Waals surface area contributed by atoms with Crippen molar-refractivity contribution in [1.29, 1.82) is 0 Å². The lowest BCUT2D eigenvalue weighted by Crippen LogP contribution is -2.37. The maximum absolute atomic E-state index is 6.07. The zero-order valence-electron chi connectivity index (χ0n) is 8.61. The molecular weight excluding hydrogens is 192 g/mol. The lowest BCUT2D eigenvalue weighted by molar-refractivity contribution is 0.0600. The van der Waals surface area contributed by atoms with Crippen LogP contribution in [0.3, 0.4) is 0 Å². The zero-order valence-corrected chi connectivity index (χ0v) is 10.4. The average Bonchev–Trinajstić information content (AvgIpc) is 1.78. The Hall–Kier alpha value is 0.427. The third-order valence-electron chi connectivity index (χ3n) is 1.43. The number of methoxy groups -OCH3 is 1. The van der Waals surface area contributed by atoms with Crippen molar-refractivity contribution in [2.45, 2.75) is 39.0 Å². The van der Waals surface area contributed by atoms with Gasteiger partial charge >= 0.3 is 0 Å². The first-order valence-electron chi connectivity index (χ1n) is 4.15. The smallest absolute Gasteiger partial charge is 0.284 e. The number of hydrogen-bond donors (Lipinski definition) is 0. The maximum Gasteiger partial charge on any atom is 0.284 e. The van der Waals surface area contributed by atoms with Crippen LogP contribution >= 0.6 is 11.1 Å². The maximum atomic E-state index is 6.07. The largest absolute Gasteiger partial charge is 0.398 e. The molecule has 74 valence electrons. The normalized spacial score (nSPS) is 13.5. The second kappa shape index (κ2) is 4.60. The Balaban J connectivity index is 3.86. The molecule has 12 heavy (non-hydrogen) atoms. The molecule has 0 bridgehead atoms. The van der Waals surface area contributed by atoms with E-state index in [4.69, 9.17) is 20.2 Å². The summed E-state index contributed by atoms with van der Waals surface area (Å²) in [6.45, 7) is 8.76. The molecule has 0 radical (unpaired) electrons. The summed E-state index contributed by atoms with van der Waals surface area (Å²) in [5.74, 6) is 0. The van der Waals surface area contributed by atoms with Crippen molar-refractivity contribution < 1.29 is 9.16 Å². The molecule has 0 rings (SSSR count). The molecule has 0 heterocycles. The summed E-state index contributed by atoms with van der Waals surface area (Å²) < 4.78 is 10.7. The summed E-state index contributed by atoms with van der Waals surface area (Å²) in [5, 5.41) is 0. The van der Waals surface area contributed by atoms with Crippen LogP contribution in [0.5, 0.6) is 0 Å². The van der Waals surface area contributed by atoms with E-state index in [-0.39, 0.29) is 5.60 Å². The van der Waals surface area contributed by atoms with Crippen molar-refractivity contribution in [1.82, 2.24) is 0 Å². The van der Waals surface area contributed by atoms with Gasteiger partial charge in [0, 0.05) is 13.7 Å². The van der Waals surface area contributed by atoms with Gasteiger partial charge in [-0.2, -0.15) is 0 Å². The summed E-state index contributed by atoms with van der Waals surface area (Å²) in [6.07, 6.45) is 0.882. The second-order valence-corrected chi connectivity index (χ2v) is 9.63. The molecule has 0 aliphatic carbocycles. The van der Waals surface area contributed by atoms with Gasteiger partial charge in [-0.3, -0.25) is 0 Å². The molecule has 0 aromatic rings. The molecule has 0 N–H and O–H groups in total. The van der Waals surface area contributed by atoms with Crippen LogP contribution in [0.4, 0.5) is 0 Å². The topological polar surface area (TPSA) is 18.5 Å². The third kappa shape index (κ3) is 7.10. The Morgan fingerprint density at radius 3 is 2.17 bits per heavy atom. The van der Waals surface area contributed by atoms with Crippen molar-refractivity contribution in [2.75, 3.05) is 13.7 Å². The van der Waals surface area contributed by atoms with Gasteiger partial charge in [-0.05, 0) is 33.4 Å². The first-order chi connectivity index (χ1) is 5.27. The van der Waals surface area contributed by atoms with Gasteiger partial charge in [-0.15, -0.1) is 11.1 Å². The molecule has 0 aromatic heterocycles. The molecule has 0 aliphatic rings. The summed E-state index contributed by atoms with van der Waals surface area (Å²) >= 11 is 6.07. The van der Waals surface area contributed by atoms with Crippen molar-refractivity contribution in [3.63, 3.8) is 0 Å². The highest BCUT2D eigenvalue weighted by atomic mass is 35.6. The van der Waals surface area contributed by atoms with E-state index in [0.717, 1.165) is 6.42 Å². The van der Waals surface area contributed by atoms with Gasteiger partial charge in [0.1, 0.15) is 0 Å². The SMILES string of the molecule is COCCC(C)(C)O[Si](C)(C)Cl. The lowest BCUT2D eigenvalue weighted by Gasteiger charge is -2.31. The minimum Gasteiger partial charge on any atom is -0.398 e. The lowest BCUT2D eigenvalue weighted by atomic mass is 10.1. The van der Waals surface area contributed by atoms with E-state index < -0.39 is 7.63 Å². The van der Waals surface area contributed by atoms with Gasteiger partial charge in [0.2, 0.25) is 0 Å². The van der Waals surface area contributed by atoms with Crippen molar-refractivity contribution >= 4 is 18.7 Å². The molecule has 0 fully saturated rings. The fourth-order valence-electron chi connectivity index (χ4n) is 1.06. The molecule has 0 aliphatic heterocycles. The van der Waals surface area contributed by atoms with Crippen molar-refractivity contribution in [3.05, 3.63) is 0 Å². The van der Waals surface area contributed by atoms with Crippen LogP contribution in [0.25, 0.3) is 0 Å². The summed E-state index contributed by atoms with van der Waals surface area (Å²) in [7, 11) is -0.232. The summed E-state index contributed by atoms with van der Waals surface area (Å²) in [5.41, 5.74) is -0.159. The molecule has 0 unspecified atom stereocenters. The highest BCUT2D eigenvalue weighted by Crippen LogP contribution is 2.22. The number of rotatable bonds is 5. The molecule has 0 saturated heterocycles. The fraction of sp³-hybridized carbons (Fsp3) is 1.00. The van der Waals surface area contributed by atoms with Gasteiger partial charge in [-0.1, -0.05) is 0 Å². The first-order valence-corrected chi connectivity index (χ1v) is 8.07. The first kappa shape index (κ1) is 12.4. The van der Waals surface area contributed by atoms with E-state index in [1.807, 2.05) is 26.9 Å². The minimum atomic E-state index is -1.93. The van der Waals surface area contributed by atoms with Gasteiger partial charge in [0.25, 0.3) is 7.63 Å². The number of hydrogen-bond acceptors (Lipinski definition) is 2. The van der Waals surface area contributed by atoms with Crippen LogP contribution in [0.15, 0.2) is 0 Å². The van der Waals surface area contributed by atoms with Gasteiger partial charge in [-0.25, -0.2) is 0 Å². The standard InChI is InChI=1S/C8H19ClO2Si/c1-8(2,6-7-10-3)11-12(4,5)9/h6-7H2,1-5H3. The summed E-state index contributed by atoms with van der Waals surface area (Å²) in [6, 6.07) is 0.